The van der Waals surface area contributed by atoms with Gasteiger partial charge < -0.3 is 15.4 Å². The van der Waals surface area contributed by atoms with Gasteiger partial charge in [-0.05, 0) is 18.6 Å². The Labute approximate surface area is 162 Å². The second kappa shape index (κ2) is 9.49. The molecule has 10 heteroatoms. The molecule has 1 unspecified atom stereocenters. The van der Waals surface area contributed by atoms with Crippen molar-refractivity contribution in [2.75, 3.05) is 20.2 Å². The van der Waals surface area contributed by atoms with Gasteiger partial charge in [-0.25, -0.2) is 19.0 Å². The number of ether oxygens (including phenoxy) is 1. The normalized spacial score (nSPS) is 16.6. The second-order valence-corrected chi connectivity index (χ2v) is 5.38. The quantitative estimate of drug-likeness (QED) is 0.299. The number of aliphatic imine (C=N–C) groups is 1. The van der Waals surface area contributed by atoms with E-state index in [1.165, 1.54) is 18.3 Å². The number of nitrogens with one attached hydrogen (secondary N) is 2. The van der Waals surface area contributed by atoms with Gasteiger partial charge in [-0.2, -0.15) is 5.10 Å². The largest absolute Gasteiger partial charge is 0.474 e. The Hall–Kier alpha value is -1.98. The molecule has 0 aliphatic carbocycles. The Balaban J connectivity index is 0.00000225. The Morgan fingerprint density at radius 2 is 2.36 bits per heavy atom. The topological polar surface area (TPSA) is 89.2 Å². The summed E-state index contributed by atoms with van der Waals surface area (Å²) in [5.41, 5.74) is 0. The minimum Gasteiger partial charge on any atom is -0.474 e. The Morgan fingerprint density at radius 1 is 1.48 bits per heavy atom. The van der Waals surface area contributed by atoms with Gasteiger partial charge >= 0.3 is 0 Å². The third-order valence-electron chi connectivity index (χ3n) is 3.73. The molecule has 0 saturated carbocycles. The SMILES string of the molecule is CN=C(NCCOc1ncccc1F)NC1CCc2ncnn2C1.I. The van der Waals surface area contributed by atoms with E-state index in [1.807, 2.05) is 4.68 Å². The van der Waals surface area contributed by atoms with Crippen LogP contribution >= 0.6 is 24.0 Å². The van der Waals surface area contributed by atoms with Crippen LogP contribution in [0.2, 0.25) is 0 Å². The number of pyridine rings is 1. The van der Waals surface area contributed by atoms with Crippen molar-refractivity contribution in [1.82, 2.24) is 30.4 Å². The summed E-state index contributed by atoms with van der Waals surface area (Å²) in [5.74, 6) is 1.23. The third kappa shape index (κ3) is 5.25. The molecule has 0 saturated heterocycles. The van der Waals surface area contributed by atoms with E-state index in [2.05, 4.69) is 30.7 Å². The summed E-state index contributed by atoms with van der Waals surface area (Å²) >= 11 is 0. The third-order valence-corrected chi connectivity index (χ3v) is 3.73. The molecule has 0 aromatic carbocycles. The maximum Gasteiger partial charge on any atom is 0.250 e. The van der Waals surface area contributed by atoms with Crippen molar-refractivity contribution in [3.8, 4) is 5.88 Å². The summed E-state index contributed by atoms with van der Waals surface area (Å²) in [6, 6.07) is 3.08. The van der Waals surface area contributed by atoms with Crippen molar-refractivity contribution in [3.63, 3.8) is 0 Å². The summed E-state index contributed by atoms with van der Waals surface area (Å²) < 4.78 is 20.6. The number of guanidine groups is 1. The highest BCUT2D eigenvalue weighted by molar-refractivity contribution is 14.0. The van der Waals surface area contributed by atoms with E-state index < -0.39 is 5.82 Å². The van der Waals surface area contributed by atoms with Gasteiger partial charge in [0.05, 0.1) is 13.1 Å². The Morgan fingerprint density at radius 3 is 3.16 bits per heavy atom. The Kier molecular flexibility index (Phi) is 7.34. The van der Waals surface area contributed by atoms with Gasteiger partial charge in [0.15, 0.2) is 11.8 Å². The van der Waals surface area contributed by atoms with Crippen molar-refractivity contribution in [2.45, 2.75) is 25.4 Å². The van der Waals surface area contributed by atoms with Gasteiger partial charge in [0.25, 0.3) is 0 Å². The summed E-state index contributed by atoms with van der Waals surface area (Å²) in [5, 5.41) is 10.7. The van der Waals surface area contributed by atoms with Crippen LogP contribution < -0.4 is 15.4 Å². The fraction of sp³-hybridized carbons (Fsp3) is 0.467. The fourth-order valence-electron chi connectivity index (χ4n) is 2.54. The lowest BCUT2D eigenvalue weighted by Crippen LogP contribution is -2.47. The average Bonchev–Trinajstić information content (AvgIpc) is 3.06. The smallest absolute Gasteiger partial charge is 0.250 e. The predicted octanol–water partition coefficient (Wildman–Crippen LogP) is 0.989. The number of nitrogens with zero attached hydrogens (tertiary/aromatic N) is 5. The highest BCUT2D eigenvalue weighted by Crippen LogP contribution is 2.11. The Bertz CT molecular complexity index is 709. The lowest BCUT2D eigenvalue weighted by Gasteiger charge is -2.25. The van der Waals surface area contributed by atoms with Gasteiger partial charge in [-0.3, -0.25) is 4.99 Å². The first-order chi connectivity index (χ1) is 11.8. The van der Waals surface area contributed by atoms with E-state index in [-0.39, 0.29) is 42.5 Å². The summed E-state index contributed by atoms with van der Waals surface area (Å²) in [6.07, 6.45) is 4.93. The van der Waals surface area contributed by atoms with Gasteiger partial charge in [0.1, 0.15) is 18.8 Å². The van der Waals surface area contributed by atoms with Crippen LogP contribution in [0, 0.1) is 5.82 Å². The molecule has 25 heavy (non-hydrogen) atoms. The first kappa shape index (κ1) is 19.3. The van der Waals surface area contributed by atoms with Gasteiger partial charge in [0.2, 0.25) is 5.88 Å². The molecular weight excluding hydrogens is 440 g/mol. The van der Waals surface area contributed by atoms with Crippen molar-refractivity contribution in [3.05, 3.63) is 36.3 Å². The zero-order valence-corrected chi connectivity index (χ0v) is 16.2. The van der Waals surface area contributed by atoms with E-state index in [0.717, 1.165) is 25.2 Å². The highest BCUT2D eigenvalue weighted by atomic mass is 127. The maximum atomic E-state index is 13.4. The fourth-order valence-corrected chi connectivity index (χ4v) is 2.54. The van der Waals surface area contributed by atoms with E-state index in [1.54, 1.807) is 13.4 Å². The van der Waals surface area contributed by atoms with Gasteiger partial charge in [-0.1, -0.05) is 0 Å². The maximum absolute atomic E-state index is 13.4. The number of hydrogen-bond acceptors (Lipinski definition) is 5. The lowest BCUT2D eigenvalue weighted by atomic mass is 10.1. The lowest BCUT2D eigenvalue weighted by molar-refractivity contribution is 0.292. The highest BCUT2D eigenvalue weighted by Gasteiger charge is 2.20. The first-order valence-electron chi connectivity index (χ1n) is 7.83. The number of rotatable bonds is 5. The molecule has 8 nitrogen and oxygen atoms in total. The standard InChI is InChI=1S/C15H20FN7O.HI/c1-17-15(19-7-8-24-14-12(16)3-2-6-18-14)22-11-4-5-13-20-10-21-23(13)9-11;/h2-3,6,10-11H,4-5,7-9H2,1H3,(H2,17,19,22);1H. The van der Waals surface area contributed by atoms with Crippen LogP contribution in [0.25, 0.3) is 0 Å². The number of fused-ring (bicyclic) bond motifs is 1. The van der Waals surface area contributed by atoms with E-state index in [4.69, 9.17) is 4.74 Å². The summed E-state index contributed by atoms with van der Waals surface area (Å²) in [6.45, 7) is 1.52. The predicted molar refractivity (Wildman–Crippen MR) is 102 cm³/mol. The molecule has 0 spiro atoms. The summed E-state index contributed by atoms with van der Waals surface area (Å²) in [4.78, 5) is 12.2. The molecule has 3 heterocycles. The zero-order valence-electron chi connectivity index (χ0n) is 13.9. The molecule has 2 aromatic heterocycles. The average molecular weight is 461 g/mol. The molecule has 136 valence electrons. The number of aromatic nitrogens is 4. The number of halogens is 2. The van der Waals surface area contributed by atoms with Crippen LogP contribution in [-0.2, 0) is 13.0 Å². The molecule has 0 radical (unpaired) electrons. The van der Waals surface area contributed by atoms with Gasteiger partial charge in [-0.15, -0.1) is 24.0 Å². The van der Waals surface area contributed by atoms with Crippen LogP contribution in [0.4, 0.5) is 4.39 Å². The van der Waals surface area contributed by atoms with Crippen LogP contribution in [0.3, 0.4) is 0 Å². The number of hydrogen-bond donors (Lipinski definition) is 2. The number of aryl methyl sites for hydroxylation is 1. The minimum atomic E-state index is -0.467. The molecule has 0 amide bonds. The van der Waals surface area contributed by atoms with Crippen LogP contribution in [0.15, 0.2) is 29.6 Å². The van der Waals surface area contributed by atoms with Crippen molar-refractivity contribution in [2.24, 2.45) is 4.99 Å². The van der Waals surface area contributed by atoms with Crippen molar-refractivity contribution in [1.29, 1.82) is 0 Å². The molecule has 1 aliphatic heterocycles. The molecule has 1 aliphatic rings. The molecule has 2 N–H and O–H groups in total. The zero-order chi connectivity index (χ0) is 16.8. The van der Waals surface area contributed by atoms with Crippen LogP contribution in [-0.4, -0.2) is 51.9 Å². The van der Waals surface area contributed by atoms with Crippen LogP contribution in [0.5, 0.6) is 5.88 Å². The monoisotopic (exact) mass is 461 g/mol. The van der Waals surface area contributed by atoms with E-state index >= 15 is 0 Å². The second-order valence-electron chi connectivity index (χ2n) is 5.38. The molecule has 0 bridgehead atoms. The van der Waals surface area contributed by atoms with E-state index in [9.17, 15) is 4.39 Å². The molecular formula is C15H21FIN7O. The van der Waals surface area contributed by atoms with E-state index in [0.29, 0.717) is 12.5 Å². The van der Waals surface area contributed by atoms with Crippen molar-refractivity contribution >= 4 is 29.9 Å². The molecule has 0 fully saturated rings. The minimum absolute atomic E-state index is 0. The van der Waals surface area contributed by atoms with Gasteiger partial charge in [0, 0.05) is 25.7 Å². The van der Waals surface area contributed by atoms with Crippen LogP contribution in [0.1, 0.15) is 12.2 Å². The summed E-state index contributed by atoms with van der Waals surface area (Å²) in [7, 11) is 1.71. The molecule has 3 rings (SSSR count). The first-order valence-corrected chi connectivity index (χ1v) is 7.83. The molecule has 1 atom stereocenters. The van der Waals surface area contributed by atoms with Crippen molar-refractivity contribution < 1.29 is 9.13 Å². The molecule has 2 aromatic rings.